The van der Waals surface area contributed by atoms with Crippen molar-refractivity contribution < 1.29 is 23.7 Å². The second-order valence-electron chi connectivity index (χ2n) is 15.0. The van der Waals surface area contributed by atoms with Gasteiger partial charge in [0.15, 0.2) is 5.82 Å². The van der Waals surface area contributed by atoms with E-state index in [1.165, 1.54) is 0 Å². The molecule has 2 N–H and O–H groups in total. The molecule has 0 radical (unpaired) electrons. The summed E-state index contributed by atoms with van der Waals surface area (Å²) in [6.07, 6.45) is 10.2. The highest BCUT2D eigenvalue weighted by Crippen LogP contribution is 2.49. The van der Waals surface area contributed by atoms with Gasteiger partial charge in [0.2, 0.25) is 0 Å². The average molecular weight is 650 g/mol. The van der Waals surface area contributed by atoms with Crippen LogP contribution in [-0.2, 0) is 4.74 Å². The van der Waals surface area contributed by atoms with Crippen molar-refractivity contribution >= 4 is 27.5 Å². The summed E-state index contributed by atoms with van der Waals surface area (Å²) in [5.41, 5.74) is 1.33. The Kier molecular flexibility index (Phi) is 6.81. The van der Waals surface area contributed by atoms with Crippen LogP contribution in [0.15, 0.2) is 36.4 Å². The molecular formula is C38H40FN5O4. The molecule has 248 valence electrons. The lowest BCUT2D eigenvalue weighted by Crippen LogP contribution is -2.60. The molecule has 3 atom stereocenters. The molecule has 0 spiro atoms. The van der Waals surface area contributed by atoms with Gasteiger partial charge in [0, 0.05) is 60.2 Å². The zero-order valence-electron chi connectivity index (χ0n) is 27.4. The van der Waals surface area contributed by atoms with Crippen LogP contribution in [0, 0.1) is 23.6 Å². The summed E-state index contributed by atoms with van der Waals surface area (Å²) in [6, 6.07) is 11.2. The van der Waals surface area contributed by atoms with Crippen LogP contribution in [0.5, 0.6) is 17.5 Å². The lowest BCUT2D eigenvalue weighted by Gasteiger charge is -2.40. The number of hydrogen-bond acceptors (Lipinski definition) is 9. The molecule has 48 heavy (non-hydrogen) atoms. The zero-order valence-corrected chi connectivity index (χ0v) is 27.4. The summed E-state index contributed by atoms with van der Waals surface area (Å²) < 4.78 is 36.1. The predicted molar refractivity (Wildman–Crippen MR) is 182 cm³/mol. The SMILES string of the molecule is C#Cc1cccc2cc(O)cc(-c3cc4c5c(nc(OCC6(CN7CCOC(C)(C)C7)CC6)nc5c3F)N3C[C@H]5CC[C@H](N5)[C@H]3CO4)c12. The Morgan fingerprint density at radius 2 is 2.02 bits per heavy atom. The van der Waals surface area contributed by atoms with Gasteiger partial charge in [-0.1, -0.05) is 18.1 Å². The standard InChI is InChI=1S/C38H40FN5O4/c1-4-22-6-5-7-23-14-25(45)15-26(31(22)23)27-16-30-32-34(33(27)39)41-36(42-35(32)44-17-24-8-9-28(40-24)29(44)18-46-30)47-21-38(10-11-38)20-43-12-13-48-37(2,3)19-43/h1,5-7,14-16,24,28-29,40,45H,8-13,17-21H2,2-3H3/t24-,28+,29-/m1/s1. The number of piperazine rings is 1. The van der Waals surface area contributed by atoms with E-state index in [9.17, 15) is 5.11 Å². The monoisotopic (exact) mass is 649 g/mol. The maximum Gasteiger partial charge on any atom is 0.319 e. The van der Waals surface area contributed by atoms with Gasteiger partial charge in [0.05, 0.1) is 30.2 Å². The third-order valence-corrected chi connectivity index (χ3v) is 11.0. The molecule has 2 bridgehead atoms. The Morgan fingerprint density at radius 1 is 1.15 bits per heavy atom. The lowest BCUT2D eigenvalue weighted by atomic mass is 9.93. The van der Waals surface area contributed by atoms with E-state index in [2.05, 4.69) is 34.9 Å². The smallest absolute Gasteiger partial charge is 0.319 e. The van der Waals surface area contributed by atoms with Crippen LogP contribution in [0.4, 0.5) is 10.2 Å². The maximum atomic E-state index is 17.2. The summed E-state index contributed by atoms with van der Waals surface area (Å²) in [7, 11) is 0. The number of ether oxygens (including phenoxy) is 3. The first kappa shape index (κ1) is 29.9. The molecule has 3 saturated heterocycles. The van der Waals surface area contributed by atoms with Crippen molar-refractivity contribution in [3.05, 3.63) is 47.8 Å². The van der Waals surface area contributed by atoms with E-state index in [1.807, 2.05) is 18.2 Å². The molecule has 5 aliphatic rings. The van der Waals surface area contributed by atoms with Crippen LogP contribution in [0.3, 0.4) is 0 Å². The lowest BCUT2D eigenvalue weighted by molar-refractivity contribution is -0.0912. The van der Waals surface area contributed by atoms with E-state index in [-0.39, 0.29) is 45.9 Å². The topological polar surface area (TPSA) is 92.2 Å². The Hall–Kier alpha value is -4.17. The average Bonchev–Trinajstić information content (AvgIpc) is 3.75. The molecular weight excluding hydrogens is 609 g/mol. The number of phenolic OH excluding ortho intramolecular Hbond substituents is 1. The van der Waals surface area contributed by atoms with Gasteiger partial charge < -0.3 is 29.5 Å². The molecule has 0 amide bonds. The Bertz CT molecular complexity index is 2010. The number of nitrogens with zero attached hydrogens (tertiary/aromatic N) is 4. The van der Waals surface area contributed by atoms with Crippen molar-refractivity contribution in [3.8, 4) is 41.0 Å². The van der Waals surface area contributed by atoms with Crippen molar-refractivity contribution in [2.45, 2.75) is 63.3 Å². The summed E-state index contributed by atoms with van der Waals surface area (Å²) in [5, 5.41) is 16.4. The number of rotatable bonds is 6. The van der Waals surface area contributed by atoms with E-state index in [4.69, 9.17) is 30.6 Å². The highest BCUT2D eigenvalue weighted by molar-refractivity contribution is 6.05. The quantitative estimate of drug-likeness (QED) is 0.272. The molecule has 4 fully saturated rings. The van der Waals surface area contributed by atoms with Crippen molar-refractivity contribution in [1.29, 1.82) is 0 Å². The fourth-order valence-corrected chi connectivity index (χ4v) is 8.51. The number of halogens is 1. The second-order valence-corrected chi connectivity index (χ2v) is 15.0. The number of aromatic nitrogens is 2. The number of phenols is 1. The van der Waals surface area contributed by atoms with E-state index < -0.39 is 5.82 Å². The van der Waals surface area contributed by atoms with Gasteiger partial charge in [-0.2, -0.15) is 9.97 Å². The van der Waals surface area contributed by atoms with Gasteiger partial charge in [-0.3, -0.25) is 4.90 Å². The normalized spacial score (nSPS) is 25.3. The third kappa shape index (κ3) is 5.02. The molecule has 4 aromatic rings. The van der Waals surface area contributed by atoms with Crippen molar-refractivity contribution in [2.75, 3.05) is 50.9 Å². The van der Waals surface area contributed by atoms with E-state index in [0.717, 1.165) is 63.9 Å². The van der Waals surface area contributed by atoms with Gasteiger partial charge in [-0.15, -0.1) is 6.42 Å². The first-order valence-corrected chi connectivity index (χ1v) is 17.1. The summed E-state index contributed by atoms with van der Waals surface area (Å²) in [4.78, 5) is 14.6. The molecule has 10 heteroatoms. The molecule has 1 aromatic heterocycles. The van der Waals surface area contributed by atoms with Crippen LogP contribution in [0.25, 0.3) is 32.8 Å². The fraction of sp³-hybridized carbons (Fsp3) is 0.474. The van der Waals surface area contributed by atoms with E-state index in [0.29, 0.717) is 52.7 Å². The number of nitrogens with one attached hydrogen (secondary N) is 1. The van der Waals surface area contributed by atoms with Crippen LogP contribution in [0.1, 0.15) is 45.1 Å². The van der Waals surface area contributed by atoms with Crippen LogP contribution in [-0.4, -0.2) is 89.7 Å². The molecule has 5 heterocycles. The number of aromatic hydroxyl groups is 1. The minimum atomic E-state index is -0.530. The minimum absolute atomic E-state index is 0.0112. The Morgan fingerprint density at radius 3 is 2.83 bits per heavy atom. The number of terminal acetylenes is 1. The molecule has 4 aliphatic heterocycles. The number of hydrogen-bond donors (Lipinski definition) is 2. The van der Waals surface area contributed by atoms with Gasteiger partial charge in [0.1, 0.15) is 29.4 Å². The molecule has 1 aliphatic carbocycles. The number of benzene rings is 3. The molecule has 9 nitrogen and oxygen atoms in total. The van der Waals surface area contributed by atoms with Crippen LogP contribution in [0.2, 0.25) is 0 Å². The van der Waals surface area contributed by atoms with Gasteiger partial charge >= 0.3 is 6.01 Å². The van der Waals surface area contributed by atoms with Crippen LogP contribution >= 0.6 is 0 Å². The second kappa shape index (κ2) is 10.9. The molecule has 9 rings (SSSR count). The van der Waals surface area contributed by atoms with Gasteiger partial charge in [-0.05, 0) is 74.7 Å². The molecule has 0 unspecified atom stereocenters. The molecule has 3 aromatic carbocycles. The van der Waals surface area contributed by atoms with Crippen molar-refractivity contribution in [3.63, 3.8) is 0 Å². The maximum absolute atomic E-state index is 17.2. The van der Waals surface area contributed by atoms with Crippen molar-refractivity contribution in [2.24, 2.45) is 5.41 Å². The number of anilines is 1. The molecule has 1 saturated carbocycles. The first-order valence-electron chi connectivity index (χ1n) is 17.1. The zero-order chi connectivity index (χ0) is 32.8. The van der Waals surface area contributed by atoms with E-state index >= 15 is 4.39 Å². The van der Waals surface area contributed by atoms with Gasteiger partial charge in [0.25, 0.3) is 0 Å². The Balaban J connectivity index is 1.16. The number of morpholine rings is 1. The fourth-order valence-electron chi connectivity index (χ4n) is 8.51. The highest BCUT2D eigenvalue weighted by atomic mass is 19.1. The summed E-state index contributed by atoms with van der Waals surface area (Å²) in [6.45, 7) is 9.31. The summed E-state index contributed by atoms with van der Waals surface area (Å²) >= 11 is 0. The predicted octanol–water partition coefficient (Wildman–Crippen LogP) is 5.25. The third-order valence-electron chi connectivity index (χ3n) is 11.0. The van der Waals surface area contributed by atoms with Gasteiger partial charge in [-0.25, -0.2) is 4.39 Å². The van der Waals surface area contributed by atoms with Crippen molar-refractivity contribution in [1.82, 2.24) is 20.2 Å². The largest absolute Gasteiger partial charge is 0.508 e. The van der Waals surface area contributed by atoms with E-state index in [1.54, 1.807) is 18.2 Å². The van der Waals surface area contributed by atoms with Crippen LogP contribution < -0.4 is 19.7 Å². The highest BCUT2D eigenvalue weighted by Gasteiger charge is 2.47. The minimum Gasteiger partial charge on any atom is -0.508 e. The summed E-state index contributed by atoms with van der Waals surface area (Å²) in [5.74, 6) is 3.39. The number of fused-ring (bicyclic) bond motifs is 6. The Labute approximate surface area is 279 Å². The first-order chi connectivity index (χ1) is 23.2.